The van der Waals surface area contributed by atoms with E-state index in [1.807, 2.05) is 11.0 Å². The van der Waals surface area contributed by atoms with Gasteiger partial charge >= 0.3 is 0 Å². The van der Waals surface area contributed by atoms with Crippen LogP contribution in [-0.4, -0.2) is 53.3 Å². The minimum absolute atomic E-state index is 0.0713. The summed E-state index contributed by atoms with van der Waals surface area (Å²) in [6, 6.07) is 3.75. The number of aldehydes is 1. The second-order valence-electron chi connectivity index (χ2n) is 7.22. The number of amides is 1. The second-order valence-corrected chi connectivity index (χ2v) is 7.22. The number of benzene rings is 1. The Morgan fingerprint density at radius 3 is 2.30 bits per heavy atom. The minimum Gasteiger partial charge on any atom is -0.507 e. The molecule has 1 amide bonds. The molecule has 0 atom stereocenters. The van der Waals surface area contributed by atoms with Gasteiger partial charge < -0.3 is 10.0 Å². The summed E-state index contributed by atoms with van der Waals surface area (Å²) >= 11 is 0. The molecule has 1 N–H and O–H groups in total. The third-order valence-electron chi connectivity index (χ3n) is 4.42. The maximum Gasteiger partial charge on any atom is 0.219 e. The molecule has 0 unspecified atom stereocenters. The third-order valence-corrected chi connectivity index (χ3v) is 4.42. The van der Waals surface area contributed by atoms with Gasteiger partial charge in [0.1, 0.15) is 5.75 Å². The number of rotatable bonds is 3. The van der Waals surface area contributed by atoms with E-state index >= 15 is 0 Å². The molecule has 2 rings (SSSR count). The van der Waals surface area contributed by atoms with Crippen molar-refractivity contribution in [1.82, 2.24) is 9.80 Å². The van der Waals surface area contributed by atoms with Gasteiger partial charge in [-0.15, -0.1) is 0 Å². The summed E-state index contributed by atoms with van der Waals surface area (Å²) in [6.07, 6.45) is 0.710. The first kappa shape index (κ1) is 17.5. The Labute approximate surface area is 137 Å². The highest BCUT2D eigenvalue weighted by Crippen LogP contribution is 2.31. The Balaban J connectivity index is 2.19. The summed E-state index contributed by atoms with van der Waals surface area (Å²) in [4.78, 5) is 26.7. The van der Waals surface area contributed by atoms with Gasteiger partial charge in [0, 0.05) is 45.2 Å². The molecule has 1 aliphatic rings. The van der Waals surface area contributed by atoms with Crippen LogP contribution in [0.5, 0.6) is 5.75 Å². The number of phenolic OH excluding ortho intramolecular Hbond substituents is 1. The summed E-state index contributed by atoms with van der Waals surface area (Å²) in [5.41, 5.74) is 2.06. The van der Waals surface area contributed by atoms with Crippen LogP contribution in [0, 0.1) is 0 Å². The number of hydrogen-bond acceptors (Lipinski definition) is 4. The number of carbonyl (C=O) groups excluding carboxylic acids is 2. The molecule has 1 aliphatic heterocycles. The monoisotopic (exact) mass is 318 g/mol. The number of aromatic hydroxyl groups is 1. The highest BCUT2D eigenvalue weighted by Gasteiger charge is 2.22. The van der Waals surface area contributed by atoms with Gasteiger partial charge in [-0.05, 0) is 17.0 Å². The highest BCUT2D eigenvalue weighted by molar-refractivity contribution is 5.80. The molecule has 1 aromatic rings. The van der Waals surface area contributed by atoms with Crippen LogP contribution in [0.2, 0.25) is 0 Å². The van der Waals surface area contributed by atoms with Crippen LogP contribution in [0.25, 0.3) is 0 Å². The quantitative estimate of drug-likeness (QED) is 0.868. The molecule has 1 aromatic carbocycles. The van der Waals surface area contributed by atoms with E-state index in [1.54, 1.807) is 13.0 Å². The maximum absolute atomic E-state index is 11.4. The van der Waals surface area contributed by atoms with Crippen molar-refractivity contribution < 1.29 is 14.7 Å². The first-order valence-corrected chi connectivity index (χ1v) is 8.02. The summed E-state index contributed by atoms with van der Waals surface area (Å²) in [6.45, 7) is 11.4. The normalized spacial score (nSPS) is 16.4. The van der Waals surface area contributed by atoms with Gasteiger partial charge in [-0.25, -0.2) is 0 Å². The van der Waals surface area contributed by atoms with Crippen molar-refractivity contribution in [3.63, 3.8) is 0 Å². The molecule has 5 heteroatoms. The molecule has 0 spiro atoms. The molecule has 0 aliphatic carbocycles. The maximum atomic E-state index is 11.4. The van der Waals surface area contributed by atoms with E-state index < -0.39 is 0 Å². The van der Waals surface area contributed by atoms with Crippen molar-refractivity contribution in [2.45, 2.75) is 39.7 Å². The van der Waals surface area contributed by atoms with E-state index in [-0.39, 0.29) is 17.1 Å². The molecule has 0 saturated carbocycles. The summed E-state index contributed by atoms with van der Waals surface area (Å²) in [5.74, 6) is 0.174. The van der Waals surface area contributed by atoms with Crippen molar-refractivity contribution in [3.05, 3.63) is 28.8 Å². The minimum atomic E-state index is -0.0897. The Bertz CT molecular complexity index is 597. The van der Waals surface area contributed by atoms with E-state index in [2.05, 4.69) is 25.7 Å². The average molecular weight is 318 g/mol. The van der Waals surface area contributed by atoms with E-state index in [1.165, 1.54) is 0 Å². The smallest absolute Gasteiger partial charge is 0.219 e. The van der Waals surface area contributed by atoms with Gasteiger partial charge in [0.05, 0.1) is 5.56 Å². The van der Waals surface area contributed by atoms with Crippen molar-refractivity contribution in [1.29, 1.82) is 0 Å². The number of phenols is 1. The molecule has 1 heterocycles. The summed E-state index contributed by atoms with van der Waals surface area (Å²) in [7, 11) is 0. The SMILES string of the molecule is CC(=O)N1CCN(Cc2cc(C(C)(C)C)cc(C=O)c2O)CC1. The lowest BCUT2D eigenvalue weighted by Gasteiger charge is -2.34. The Hall–Kier alpha value is -1.88. The van der Waals surface area contributed by atoms with E-state index in [0.29, 0.717) is 31.5 Å². The lowest BCUT2D eigenvalue weighted by Crippen LogP contribution is -2.47. The molecule has 1 saturated heterocycles. The first-order valence-electron chi connectivity index (χ1n) is 8.02. The molecule has 23 heavy (non-hydrogen) atoms. The van der Waals surface area contributed by atoms with E-state index in [0.717, 1.165) is 24.2 Å². The number of carbonyl (C=O) groups is 2. The molecular weight excluding hydrogens is 292 g/mol. The van der Waals surface area contributed by atoms with Gasteiger partial charge in [0.25, 0.3) is 0 Å². The standard InChI is InChI=1S/C18H26N2O3/c1-13(22)20-7-5-19(6-8-20)11-14-9-16(18(2,3)4)10-15(12-21)17(14)23/h9-10,12,23H,5-8,11H2,1-4H3. The van der Waals surface area contributed by atoms with Gasteiger partial charge in [-0.3, -0.25) is 14.5 Å². The van der Waals surface area contributed by atoms with E-state index in [4.69, 9.17) is 0 Å². The fourth-order valence-electron chi connectivity index (χ4n) is 2.82. The predicted molar refractivity (Wildman–Crippen MR) is 89.7 cm³/mol. The Morgan fingerprint density at radius 1 is 1.22 bits per heavy atom. The lowest BCUT2D eigenvalue weighted by atomic mass is 9.84. The molecule has 0 bridgehead atoms. The van der Waals surface area contributed by atoms with Crippen LogP contribution < -0.4 is 0 Å². The number of nitrogens with zero attached hydrogens (tertiary/aromatic N) is 2. The molecule has 0 aromatic heterocycles. The zero-order valence-electron chi connectivity index (χ0n) is 14.4. The van der Waals surface area contributed by atoms with Gasteiger partial charge in [0.2, 0.25) is 5.91 Å². The Morgan fingerprint density at radius 2 is 1.83 bits per heavy atom. The Kier molecular flexibility index (Phi) is 5.09. The number of hydrogen-bond donors (Lipinski definition) is 1. The highest BCUT2D eigenvalue weighted by atomic mass is 16.3. The number of piperazine rings is 1. The van der Waals surface area contributed by atoms with Gasteiger partial charge in [-0.1, -0.05) is 26.8 Å². The van der Waals surface area contributed by atoms with Crippen molar-refractivity contribution in [3.8, 4) is 5.75 Å². The second kappa shape index (κ2) is 6.71. The molecule has 5 nitrogen and oxygen atoms in total. The van der Waals surface area contributed by atoms with Crippen molar-refractivity contribution in [2.24, 2.45) is 0 Å². The lowest BCUT2D eigenvalue weighted by molar-refractivity contribution is -0.130. The van der Waals surface area contributed by atoms with Crippen LogP contribution in [0.1, 0.15) is 49.2 Å². The first-order chi connectivity index (χ1) is 10.7. The van der Waals surface area contributed by atoms with Crippen molar-refractivity contribution in [2.75, 3.05) is 26.2 Å². The third kappa shape index (κ3) is 4.10. The topological polar surface area (TPSA) is 60.9 Å². The molecular formula is C18H26N2O3. The van der Waals surface area contributed by atoms with E-state index in [9.17, 15) is 14.7 Å². The van der Waals surface area contributed by atoms with Crippen LogP contribution in [0.3, 0.4) is 0 Å². The summed E-state index contributed by atoms with van der Waals surface area (Å²) in [5, 5.41) is 10.3. The largest absolute Gasteiger partial charge is 0.507 e. The van der Waals surface area contributed by atoms with Gasteiger partial charge in [-0.2, -0.15) is 0 Å². The molecule has 1 fully saturated rings. The van der Waals surface area contributed by atoms with Crippen LogP contribution in [0.4, 0.5) is 0 Å². The zero-order valence-corrected chi connectivity index (χ0v) is 14.4. The fraction of sp³-hybridized carbons (Fsp3) is 0.556. The fourth-order valence-corrected chi connectivity index (χ4v) is 2.82. The van der Waals surface area contributed by atoms with Gasteiger partial charge in [0.15, 0.2) is 6.29 Å². The van der Waals surface area contributed by atoms with Crippen LogP contribution in [0.15, 0.2) is 12.1 Å². The zero-order chi connectivity index (χ0) is 17.2. The van der Waals surface area contributed by atoms with Crippen molar-refractivity contribution >= 4 is 12.2 Å². The summed E-state index contributed by atoms with van der Waals surface area (Å²) < 4.78 is 0. The molecule has 126 valence electrons. The van der Waals surface area contributed by atoms with Crippen LogP contribution >= 0.6 is 0 Å². The average Bonchev–Trinajstić information content (AvgIpc) is 2.48. The molecule has 0 radical (unpaired) electrons. The predicted octanol–water partition coefficient (Wildman–Crippen LogP) is 2.17. The van der Waals surface area contributed by atoms with Crippen LogP contribution in [-0.2, 0) is 16.8 Å².